The van der Waals surface area contributed by atoms with E-state index in [0.29, 0.717) is 11.8 Å². The number of nitrogens with zero attached hydrogens (tertiary/aromatic N) is 1. The van der Waals surface area contributed by atoms with Crippen molar-refractivity contribution < 1.29 is 0 Å². The Morgan fingerprint density at radius 2 is 1.05 bits per heavy atom. The van der Waals surface area contributed by atoms with Crippen molar-refractivity contribution in [1.29, 1.82) is 0 Å². The molecule has 1 nitrogen and oxygen atoms in total. The molecule has 2 aliphatic rings. The van der Waals surface area contributed by atoms with Gasteiger partial charge in [-0.2, -0.15) is 0 Å². The minimum absolute atomic E-state index is 0.462. The van der Waals surface area contributed by atoms with Gasteiger partial charge in [0.05, 0.1) is 0 Å². The molecule has 8 rings (SSSR count). The first kappa shape index (κ1) is 44.4. The summed E-state index contributed by atoms with van der Waals surface area (Å²) in [4.78, 5) is 2.31. The Kier molecular flexibility index (Phi) is 17.1. The van der Waals surface area contributed by atoms with E-state index in [-0.39, 0.29) is 0 Å². The third kappa shape index (κ3) is 13.9. The van der Waals surface area contributed by atoms with Crippen molar-refractivity contribution in [1.82, 2.24) is 0 Å². The van der Waals surface area contributed by atoms with Gasteiger partial charge in [0.2, 0.25) is 0 Å². The molecule has 0 saturated carbocycles. The van der Waals surface area contributed by atoms with Gasteiger partial charge >= 0.3 is 0 Å². The molecule has 0 saturated heterocycles. The van der Waals surface area contributed by atoms with E-state index in [0.717, 1.165) is 29.4 Å². The van der Waals surface area contributed by atoms with Crippen LogP contribution in [0.15, 0.2) is 200 Å². The maximum absolute atomic E-state index is 2.36. The minimum atomic E-state index is 0.462. The number of anilines is 3. The van der Waals surface area contributed by atoms with Crippen LogP contribution in [-0.4, -0.2) is 0 Å². The lowest BCUT2D eigenvalue weighted by molar-refractivity contribution is 0.586. The zero-order chi connectivity index (χ0) is 42.7. The molecule has 1 heteroatoms. The lowest BCUT2D eigenvalue weighted by Crippen LogP contribution is -2.09. The molecule has 0 spiro atoms. The van der Waals surface area contributed by atoms with Crippen LogP contribution in [0.1, 0.15) is 111 Å². The van der Waals surface area contributed by atoms with Crippen molar-refractivity contribution in [2.75, 3.05) is 4.90 Å². The van der Waals surface area contributed by atoms with Gasteiger partial charge in [-0.3, -0.25) is 0 Å². The van der Waals surface area contributed by atoms with Crippen LogP contribution >= 0.6 is 0 Å². The average molecular weight is 800 g/mol. The summed E-state index contributed by atoms with van der Waals surface area (Å²) in [6.45, 7) is 11.1. The van der Waals surface area contributed by atoms with Gasteiger partial charge in [-0.15, -0.1) is 0 Å². The topological polar surface area (TPSA) is 3.24 Å². The first-order valence-corrected chi connectivity index (χ1v) is 22.5. The van der Waals surface area contributed by atoms with Crippen molar-refractivity contribution in [2.24, 2.45) is 5.92 Å². The molecule has 0 radical (unpaired) electrons. The lowest BCUT2D eigenvalue weighted by Gasteiger charge is -2.25. The summed E-state index contributed by atoms with van der Waals surface area (Å²) in [5, 5.41) is 0. The fourth-order valence-corrected chi connectivity index (χ4v) is 7.74. The first-order chi connectivity index (χ1) is 29.9. The highest BCUT2D eigenvalue weighted by Crippen LogP contribution is 2.35. The largest absolute Gasteiger partial charge is 0.311 e. The monoisotopic (exact) mass is 800 g/mol. The van der Waals surface area contributed by atoms with Gasteiger partial charge in [-0.05, 0) is 140 Å². The molecule has 2 aliphatic carbocycles. The fourth-order valence-electron chi connectivity index (χ4n) is 7.74. The summed E-state index contributed by atoms with van der Waals surface area (Å²) in [7, 11) is 0. The van der Waals surface area contributed by atoms with Gasteiger partial charge in [-0.25, -0.2) is 0 Å². The molecule has 6 aromatic rings. The standard InChI is InChI=1S/C38H37N.C15H18.C7H10/c1-4-31-19-25-37(26-20-31)39(36-13-9-6-10-14-36)38-27-21-33(22-28-38)16-15-32-17-23-35(24-18-32)30(3)29(2)34-11-7-5-8-12-34;1-13-7-9-15(10-8-13)12-11-14-5-3-2-4-6-14;1-7-5-3-2-4-6-7/h5-30H,4H2,1-3H3;2-3,7-12,14H,4-6H2,1H3;3,5-6H,2,4H2,1H3/b16-15+;12-11+;/t29-,30?;;/m1../s1. The molecule has 0 fully saturated rings. The number of aryl methyl sites for hydroxylation is 2. The summed E-state index contributed by atoms with van der Waals surface area (Å²) >= 11 is 0. The van der Waals surface area contributed by atoms with Crippen molar-refractivity contribution in [3.63, 3.8) is 0 Å². The Morgan fingerprint density at radius 1 is 0.525 bits per heavy atom. The third-order valence-corrected chi connectivity index (χ3v) is 11.9. The normalized spacial score (nSPS) is 15.6. The summed E-state index contributed by atoms with van der Waals surface area (Å²) < 4.78 is 0. The van der Waals surface area contributed by atoms with Crippen LogP contribution in [-0.2, 0) is 6.42 Å². The second kappa shape index (κ2) is 23.6. The predicted octanol–water partition coefficient (Wildman–Crippen LogP) is 17.4. The first-order valence-electron chi connectivity index (χ1n) is 22.5. The summed E-state index contributed by atoms with van der Waals surface area (Å²) in [6.07, 6.45) is 27.5. The van der Waals surface area contributed by atoms with E-state index in [2.05, 4.69) is 252 Å². The molecule has 0 N–H and O–H groups in total. The molecule has 3 atom stereocenters. The average Bonchev–Trinajstić information content (AvgIpc) is 3.33. The van der Waals surface area contributed by atoms with Crippen LogP contribution in [0, 0.1) is 12.8 Å². The number of rotatable bonds is 11. The van der Waals surface area contributed by atoms with Crippen LogP contribution < -0.4 is 4.90 Å². The van der Waals surface area contributed by atoms with Gasteiger partial charge in [0, 0.05) is 17.1 Å². The Labute approximate surface area is 368 Å². The molecule has 2 unspecified atom stereocenters. The molecule has 61 heavy (non-hydrogen) atoms. The quantitative estimate of drug-likeness (QED) is 0.0932. The van der Waals surface area contributed by atoms with Gasteiger partial charge in [0.1, 0.15) is 0 Å². The second-order valence-corrected chi connectivity index (χ2v) is 16.5. The SMILES string of the molecule is CC1=CCCC=C1.CCc1ccc(N(c2ccccc2)c2ccc(/C=C/c3ccc(C(C)[C@@H](C)c4ccccc4)cc3)cc2)cc1.Cc1ccc(/C=C/C2CC=CCC2)cc1. The zero-order valence-electron chi connectivity index (χ0n) is 37.1. The highest BCUT2D eigenvalue weighted by Gasteiger charge is 2.16. The maximum atomic E-state index is 2.36. The Bertz CT molecular complexity index is 2320. The Hall–Kier alpha value is -6.18. The molecular formula is C60H65N. The van der Waals surface area contributed by atoms with Gasteiger partial charge in [0.15, 0.2) is 0 Å². The number of benzene rings is 6. The van der Waals surface area contributed by atoms with Crippen molar-refractivity contribution in [3.8, 4) is 0 Å². The van der Waals surface area contributed by atoms with E-state index in [1.165, 1.54) is 76.6 Å². The minimum Gasteiger partial charge on any atom is -0.311 e. The number of allylic oxidation sites excluding steroid dienone is 7. The van der Waals surface area contributed by atoms with E-state index in [4.69, 9.17) is 0 Å². The predicted molar refractivity (Wildman–Crippen MR) is 268 cm³/mol. The smallest absolute Gasteiger partial charge is 0.0462 e. The van der Waals surface area contributed by atoms with Crippen LogP contribution in [0.25, 0.3) is 18.2 Å². The highest BCUT2D eigenvalue weighted by atomic mass is 15.1. The van der Waals surface area contributed by atoms with E-state index in [9.17, 15) is 0 Å². The summed E-state index contributed by atoms with van der Waals surface area (Å²) in [5.41, 5.74) is 14.0. The Balaban J connectivity index is 0.000000229. The molecular weight excluding hydrogens is 735 g/mol. The third-order valence-electron chi connectivity index (χ3n) is 11.9. The molecule has 0 bridgehead atoms. The van der Waals surface area contributed by atoms with E-state index >= 15 is 0 Å². The molecule has 0 heterocycles. The van der Waals surface area contributed by atoms with Crippen LogP contribution in [0.2, 0.25) is 0 Å². The summed E-state index contributed by atoms with van der Waals surface area (Å²) in [6, 6.07) is 56.7. The van der Waals surface area contributed by atoms with Crippen LogP contribution in [0.4, 0.5) is 17.1 Å². The molecule has 0 aliphatic heterocycles. The maximum Gasteiger partial charge on any atom is 0.0462 e. The Morgan fingerprint density at radius 3 is 1.57 bits per heavy atom. The summed E-state index contributed by atoms with van der Waals surface area (Å²) in [5.74, 6) is 1.69. The van der Waals surface area contributed by atoms with Gasteiger partial charge < -0.3 is 4.90 Å². The molecule has 0 amide bonds. The van der Waals surface area contributed by atoms with Crippen molar-refractivity contribution in [2.45, 2.75) is 85.0 Å². The molecule has 6 aromatic carbocycles. The van der Waals surface area contributed by atoms with E-state index in [1.54, 1.807) is 0 Å². The van der Waals surface area contributed by atoms with E-state index in [1.807, 2.05) is 0 Å². The van der Waals surface area contributed by atoms with Crippen molar-refractivity contribution in [3.05, 3.63) is 239 Å². The van der Waals surface area contributed by atoms with Gasteiger partial charge in [0.25, 0.3) is 0 Å². The number of hydrogen-bond donors (Lipinski definition) is 0. The fraction of sp³-hybridized carbons (Fsp3) is 0.233. The highest BCUT2D eigenvalue weighted by molar-refractivity contribution is 5.78. The number of hydrogen-bond acceptors (Lipinski definition) is 1. The van der Waals surface area contributed by atoms with E-state index < -0.39 is 0 Å². The second-order valence-electron chi connectivity index (χ2n) is 16.5. The van der Waals surface area contributed by atoms with Gasteiger partial charge in [-0.1, -0.05) is 208 Å². The molecule has 0 aromatic heterocycles. The van der Waals surface area contributed by atoms with Crippen LogP contribution in [0.3, 0.4) is 0 Å². The zero-order valence-corrected chi connectivity index (χ0v) is 37.1. The van der Waals surface area contributed by atoms with Crippen LogP contribution in [0.5, 0.6) is 0 Å². The number of para-hydroxylation sites is 1. The molecule has 310 valence electrons. The van der Waals surface area contributed by atoms with Crippen molar-refractivity contribution >= 4 is 35.3 Å². The lowest BCUT2D eigenvalue weighted by atomic mass is 9.84.